The van der Waals surface area contributed by atoms with Crippen molar-refractivity contribution in [1.82, 2.24) is 5.32 Å². The van der Waals surface area contributed by atoms with Gasteiger partial charge in [0, 0.05) is 31.6 Å². The smallest absolute Gasteiger partial charge is 0.227 e. The Balaban J connectivity index is 1.68. The molecule has 0 saturated carbocycles. The Labute approximate surface area is 193 Å². The van der Waals surface area contributed by atoms with Crippen LogP contribution >= 0.6 is 0 Å². The summed E-state index contributed by atoms with van der Waals surface area (Å²) in [7, 11) is 6.11. The number of rotatable bonds is 10. The molecule has 1 saturated heterocycles. The predicted molar refractivity (Wildman–Crippen MR) is 123 cm³/mol. The van der Waals surface area contributed by atoms with E-state index in [0.717, 1.165) is 5.56 Å². The zero-order valence-electron chi connectivity index (χ0n) is 19.6. The van der Waals surface area contributed by atoms with E-state index in [2.05, 4.69) is 5.32 Å². The first kappa shape index (κ1) is 24.0. The van der Waals surface area contributed by atoms with E-state index in [-0.39, 0.29) is 24.8 Å². The van der Waals surface area contributed by atoms with Crippen LogP contribution in [0.1, 0.15) is 18.9 Å². The second kappa shape index (κ2) is 10.8. The summed E-state index contributed by atoms with van der Waals surface area (Å²) in [4.78, 5) is 27.1. The van der Waals surface area contributed by atoms with Crippen LogP contribution in [0.3, 0.4) is 0 Å². The molecule has 178 valence electrons. The zero-order chi connectivity index (χ0) is 24.0. The SMILES string of the molecule is CCOc1ccc(CNC(=O)C2CC(=O)N(c3cc(OC)c(OC)c(OC)c3)C2)cc1OC. The molecule has 1 aliphatic rings. The third-order valence-electron chi connectivity index (χ3n) is 5.45. The Morgan fingerprint density at radius 2 is 1.64 bits per heavy atom. The highest BCUT2D eigenvalue weighted by atomic mass is 16.5. The number of methoxy groups -OCH3 is 4. The summed E-state index contributed by atoms with van der Waals surface area (Å²) in [6, 6.07) is 8.91. The number of nitrogens with zero attached hydrogens (tertiary/aromatic N) is 1. The molecule has 0 radical (unpaired) electrons. The van der Waals surface area contributed by atoms with E-state index in [0.29, 0.717) is 47.6 Å². The van der Waals surface area contributed by atoms with Crippen molar-refractivity contribution in [3.63, 3.8) is 0 Å². The molecule has 1 aliphatic heterocycles. The molecule has 0 aromatic heterocycles. The molecule has 2 aromatic rings. The highest BCUT2D eigenvalue weighted by Crippen LogP contribution is 2.42. The first-order valence-electron chi connectivity index (χ1n) is 10.6. The van der Waals surface area contributed by atoms with Crippen molar-refractivity contribution in [2.24, 2.45) is 5.92 Å². The summed E-state index contributed by atoms with van der Waals surface area (Å²) in [6.45, 7) is 3.01. The number of hydrogen-bond donors (Lipinski definition) is 1. The Kier molecular flexibility index (Phi) is 7.87. The molecule has 3 rings (SSSR count). The number of carbonyl (C=O) groups is 2. The molecule has 33 heavy (non-hydrogen) atoms. The fourth-order valence-electron chi connectivity index (χ4n) is 3.79. The minimum Gasteiger partial charge on any atom is -0.493 e. The third-order valence-corrected chi connectivity index (χ3v) is 5.45. The average molecular weight is 459 g/mol. The van der Waals surface area contributed by atoms with Crippen molar-refractivity contribution in [1.29, 1.82) is 0 Å². The Hall–Kier alpha value is -3.62. The van der Waals surface area contributed by atoms with Gasteiger partial charge in [-0.05, 0) is 24.6 Å². The van der Waals surface area contributed by atoms with E-state index in [1.807, 2.05) is 25.1 Å². The highest BCUT2D eigenvalue weighted by Gasteiger charge is 2.36. The molecule has 1 N–H and O–H groups in total. The summed E-state index contributed by atoms with van der Waals surface area (Å²) in [6.07, 6.45) is 0.120. The van der Waals surface area contributed by atoms with E-state index in [1.165, 1.54) is 21.3 Å². The molecular weight excluding hydrogens is 428 g/mol. The van der Waals surface area contributed by atoms with Crippen LogP contribution in [0.15, 0.2) is 30.3 Å². The maximum absolute atomic E-state index is 12.8. The van der Waals surface area contributed by atoms with E-state index >= 15 is 0 Å². The summed E-state index contributed by atoms with van der Waals surface area (Å²) in [5.41, 5.74) is 1.45. The van der Waals surface area contributed by atoms with Crippen molar-refractivity contribution in [3.8, 4) is 28.7 Å². The van der Waals surface area contributed by atoms with Gasteiger partial charge in [-0.15, -0.1) is 0 Å². The van der Waals surface area contributed by atoms with Gasteiger partial charge in [0.05, 0.1) is 46.7 Å². The lowest BCUT2D eigenvalue weighted by atomic mass is 10.1. The molecule has 9 nitrogen and oxygen atoms in total. The fourth-order valence-corrected chi connectivity index (χ4v) is 3.79. The molecular formula is C24H30N2O7. The van der Waals surface area contributed by atoms with E-state index in [9.17, 15) is 9.59 Å². The molecule has 0 spiro atoms. The van der Waals surface area contributed by atoms with Crippen LogP contribution < -0.4 is 33.9 Å². The van der Waals surface area contributed by atoms with Gasteiger partial charge in [-0.25, -0.2) is 0 Å². The van der Waals surface area contributed by atoms with Crippen molar-refractivity contribution >= 4 is 17.5 Å². The van der Waals surface area contributed by atoms with Crippen LogP contribution in [-0.2, 0) is 16.1 Å². The Morgan fingerprint density at radius 1 is 0.970 bits per heavy atom. The maximum Gasteiger partial charge on any atom is 0.227 e. The van der Waals surface area contributed by atoms with Crippen LogP contribution in [0.4, 0.5) is 5.69 Å². The van der Waals surface area contributed by atoms with Gasteiger partial charge < -0.3 is 33.9 Å². The van der Waals surface area contributed by atoms with Crippen molar-refractivity contribution < 1.29 is 33.3 Å². The second-order valence-electron chi connectivity index (χ2n) is 7.42. The van der Waals surface area contributed by atoms with Crippen molar-refractivity contribution in [3.05, 3.63) is 35.9 Å². The van der Waals surface area contributed by atoms with Gasteiger partial charge in [-0.2, -0.15) is 0 Å². The first-order chi connectivity index (χ1) is 15.9. The number of nitrogens with one attached hydrogen (secondary N) is 1. The average Bonchev–Trinajstić information content (AvgIpc) is 3.23. The zero-order valence-corrected chi connectivity index (χ0v) is 19.6. The fraction of sp³-hybridized carbons (Fsp3) is 0.417. The second-order valence-corrected chi connectivity index (χ2v) is 7.42. The lowest BCUT2D eigenvalue weighted by molar-refractivity contribution is -0.126. The number of ether oxygens (including phenoxy) is 5. The van der Waals surface area contributed by atoms with Gasteiger partial charge >= 0.3 is 0 Å². The number of anilines is 1. The molecule has 2 aromatic carbocycles. The lowest BCUT2D eigenvalue weighted by Gasteiger charge is -2.20. The highest BCUT2D eigenvalue weighted by molar-refractivity contribution is 6.00. The molecule has 1 atom stereocenters. The molecule has 1 heterocycles. The summed E-state index contributed by atoms with van der Waals surface area (Å²) >= 11 is 0. The molecule has 2 amide bonds. The number of benzene rings is 2. The molecule has 0 aliphatic carbocycles. The molecule has 1 fully saturated rings. The van der Waals surface area contributed by atoms with E-state index in [1.54, 1.807) is 24.1 Å². The summed E-state index contributed by atoms with van der Waals surface area (Å²) in [5.74, 6) is 1.77. The first-order valence-corrected chi connectivity index (χ1v) is 10.6. The van der Waals surface area contributed by atoms with Crippen LogP contribution in [0.2, 0.25) is 0 Å². The number of hydrogen-bond acceptors (Lipinski definition) is 7. The molecule has 1 unspecified atom stereocenters. The van der Waals surface area contributed by atoms with Crippen LogP contribution in [0.25, 0.3) is 0 Å². The van der Waals surface area contributed by atoms with Crippen molar-refractivity contribution in [2.45, 2.75) is 19.9 Å². The van der Waals surface area contributed by atoms with Gasteiger partial charge in [0.15, 0.2) is 23.0 Å². The van der Waals surface area contributed by atoms with Crippen LogP contribution in [0, 0.1) is 5.92 Å². The van der Waals surface area contributed by atoms with Crippen LogP contribution in [0.5, 0.6) is 28.7 Å². The number of amides is 2. The normalized spacial score (nSPS) is 15.2. The quantitative estimate of drug-likeness (QED) is 0.585. The van der Waals surface area contributed by atoms with Crippen LogP contribution in [-0.4, -0.2) is 53.4 Å². The minimum absolute atomic E-state index is 0.120. The largest absolute Gasteiger partial charge is 0.493 e. The Morgan fingerprint density at radius 3 is 2.21 bits per heavy atom. The van der Waals surface area contributed by atoms with Gasteiger partial charge in [-0.1, -0.05) is 6.07 Å². The minimum atomic E-state index is -0.471. The summed E-state index contributed by atoms with van der Waals surface area (Å²) in [5, 5.41) is 2.92. The van der Waals surface area contributed by atoms with Gasteiger partial charge in [-0.3, -0.25) is 9.59 Å². The predicted octanol–water partition coefficient (Wildman–Crippen LogP) is 2.79. The van der Waals surface area contributed by atoms with Gasteiger partial charge in [0.25, 0.3) is 0 Å². The monoisotopic (exact) mass is 458 g/mol. The number of carbonyl (C=O) groups excluding carboxylic acids is 2. The van der Waals surface area contributed by atoms with E-state index in [4.69, 9.17) is 23.7 Å². The lowest BCUT2D eigenvalue weighted by Crippen LogP contribution is -2.32. The van der Waals surface area contributed by atoms with Gasteiger partial charge in [0.1, 0.15) is 0 Å². The van der Waals surface area contributed by atoms with E-state index < -0.39 is 5.92 Å². The summed E-state index contributed by atoms with van der Waals surface area (Å²) < 4.78 is 27.0. The molecule has 0 bridgehead atoms. The molecule has 9 heteroatoms. The topological polar surface area (TPSA) is 95.6 Å². The third kappa shape index (κ3) is 5.24. The Bertz CT molecular complexity index is 983. The van der Waals surface area contributed by atoms with Gasteiger partial charge in [0.2, 0.25) is 17.6 Å². The maximum atomic E-state index is 12.8. The van der Waals surface area contributed by atoms with Crippen molar-refractivity contribution in [2.75, 3.05) is 46.5 Å². The standard InChI is InChI=1S/C24H30N2O7/c1-6-33-18-8-7-15(9-19(18)29-2)13-25-24(28)16-10-22(27)26(14-16)17-11-20(30-3)23(32-5)21(12-17)31-4/h7-9,11-12,16H,6,10,13-14H2,1-5H3,(H,25,28).